The average molecular weight is 397 g/mol. The topological polar surface area (TPSA) is 59.3 Å². The molecule has 1 N–H and O–H groups in total. The molecule has 0 unspecified atom stereocenters. The van der Waals surface area contributed by atoms with Gasteiger partial charge in [-0.2, -0.15) is 0 Å². The number of fused-ring (bicyclic) bond motifs is 1. The summed E-state index contributed by atoms with van der Waals surface area (Å²) < 4.78 is 5.40. The maximum absolute atomic E-state index is 12.6. The first-order chi connectivity index (χ1) is 14.6. The first kappa shape index (κ1) is 19.6. The fourth-order valence-electron chi connectivity index (χ4n) is 3.40. The molecule has 0 fully saturated rings. The molecule has 150 valence electrons. The molecule has 4 heteroatoms. The van der Waals surface area contributed by atoms with Gasteiger partial charge in [-0.25, -0.2) is 4.79 Å². The van der Waals surface area contributed by atoms with E-state index in [2.05, 4.69) is 12.2 Å². The molecule has 0 aliphatic carbocycles. The van der Waals surface area contributed by atoms with Crippen LogP contribution in [0.25, 0.3) is 22.1 Å². The highest BCUT2D eigenvalue weighted by Crippen LogP contribution is 2.22. The highest BCUT2D eigenvalue weighted by atomic mass is 16.4. The maximum Gasteiger partial charge on any atom is 0.344 e. The minimum atomic E-state index is -0.394. The number of carbonyl (C=O) groups is 1. The van der Waals surface area contributed by atoms with Crippen LogP contribution in [0.15, 0.2) is 88.1 Å². The Morgan fingerprint density at radius 3 is 2.40 bits per heavy atom. The number of aryl methyl sites for hydroxylation is 1. The van der Waals surface area contributed by atoms with Gasteiger partial charge in [0.25, 0.3) is 5.91 Å². The lowest BCUT2D eigenvalue weighted by atomic mass is 10.0. The van der Waals surface area contributed by atoms with Crippen molar-refractivity contribution in [3.63, 3.8) is 0 Å². The van der Waals surface area contributed by atoms with E-state index >= 15 is 0 Å². The molecule has 0 aliphatic rings. The van der Waals surface area contributed by atoms with Crippen LogP contribution in [0.4, 0.5) is 5.69 Å². The van der Waals surface area contributed by atoms with E-state index in [1.54, 1.807) is 30.3 Å². The number of benzene rings is 3. The van der Waals surface area contributed by atoms with Crippen molar-refractivity contribution in [2.24, 2.45) is 0 Å². The van der Waals surface area contributed by atoms with E-state index in [-0.39, 0.29) is 5.91 Å². The van der Waals surface area contributed by atoms with Gasteiger partial charge < -0.3 is 9.73 Å². The summed E-state index contributed by atoms with van der Waals surface area (Å²) in [5, 5.41) is 3.77. The molecule has 0 aliphatic heterocycles. The lowest BCUT2D eigenvalue weighted by Crippen LogP contribution is -2.12. The lowest BCUT2D eigenvalue weighted by Gasteiger charge is -2.08. The number of amides is 1. The number of carbonyl (C=O) groups excluding carboxylic acids is 1. The van der Waals surface area contributed by atoms with Crippen LogP contribution in [0, 0.1) is 0 Å². The Morgan fingerprint density at radius 2 is 1.67 bits per heavy atom. The van der Waals surface area contributed by atoms with Gasteiger partial charge in [-0.05, 0) is 60.4 Å². The van der Waals surface area contributed by atoms with Crippen LogP contribution in [-0.4, -0.2) is 5.91 Å². The first-order valence-corrected chi connectivity index (χ1v) is 10.2. The van der Waals surface area contributed by atoms with Crippen molar-refractivity contribution in [1.82, 2.24) is 0 Å². The second kappa shape index (κ2) is 8.78. The zero-order valence-corrected chi connectivity index (χ0v) is 16.9. The third kappa shape index (κ3) is 4.33. The summed E-state index contributed by atoms with van der Waals surface area (Å²) in [5.41, 5.74) is 3.92. The van der Waals surface area contributed by atoms with Crippen LogP contribution in [0.2, 0.25) is 0 Å². The molecule has 4 aromatic rings. The van der Waals surface area contributed by atoms with Gasteiger partial charge >= 0.3 is 5.63 Å². The zero-order valence-electron chi connectivity index (χ0n) is 16.9. The predicted molar refractivity (Wildman–Crippen MR) is 121 cm³/mol. The van der Waals surface area contributed by atoms with E-state index in [1.165, 1.54) is 5.56 Å². The first-order valence-electron chi connectivity index (χ1n) is 10.2. The van der Waals surface area contributed by atoms with Crippen LogP contribution in [0.5, 0.6) is 0 Å². The normalized spacial score (nSPS) is 10.8. The van der Waals surface area contributed by atoms with Gasteiger partial charge in [-0.1, -0.05) is 55.8 Å². The second-order valence-electron chi connectivity index (χ2n) is 7.32. The quantitative estimate of drug-likeness (QED) is 0.403. The molecule has 1 amide bonds. The Balaban J connectivity index is 1.50. The summed E-state index contributed by atoms with van der Waals surface area (Å²) in [4.78, 5) is 24.9. The van der Waals surface area contributed by atoms with Gasteiger partial charge in [0.2, 0.25) is 0 Å². The molecule has 30 heavy (non-hydrogen) atoms. The number of hydrogen-bond donors (Lipinski definition) is 1. The zero-order chi connectivity index (χ0) is 20.9. The van der Waals surface area contributed by atoms with Crippen LogP contribution < -0.4 is 10.9 Å². The number of para-hydroxylation sites is 1. The van der Waals surface area contributed by atoms with E-state index < -0.39 is 5.63 Å². The van der Waals surface area contributed by atoms with Crippen molar-refractivity contribution in [1.29, 1.82) is 0 Å². The number of rotatable bonds is 6. The Labute approximate surface area is 175 Å². The monoisotopic (exact) mass is 397 g/mol. The number of nitrogens with one attached hydrogen (secondary N) is 1. The van der Waals surface area contributed by atoms with Crippen LogP contribution in [-0.2, 0) is 6.42 Å². The number of hydrogen-bond acceptors (Lipinski definition) is 3. The third-order valence-electron chi connectivity index (χ3n) is 5.13. The third-order valence-corrected chi connectivity index (χ3v) is 5.13. The predicted octanol–water partition coefficient (Wildman–Crippen LogP) is 6.05. The van der Waals surface area contributed by atoms with Gasteiger partial charge in [0.1, 0.15) is 5.58 Å². The summed E-state index contributed by atoms with van der Waals surface area (Å²) in [7, 11) is 0. The van der Waals surface area contributed by atoms with Crippen LogP contribution in [0.1, 0.15) is 35.7 Å². The number of unbranched alkanes of at least 4 members (excludes halogenated alkanes) is 1. The standard InChI is InChI=1S/C26H23NO3/c1-2-3-6-18-9-15-22(16-10-18)27-25(28)20-13-11-19(12-14-20)23-17-21-7-4-5-8-24(21)30-26(23)29/h4-5,7-17H,2-3,6H2,1H3,(H,27,28). The minimum Gasteiger partial charge on any atom is -0.422 e. The molecule has 4 rings (SSSR count). The Hall–Kier alpha value is -3.66. The van der Waals surface area contributed by atoms with E-state index in [1.807, 2.05) is 48.5 Å². The molecule has 0 bridgehead atoms. The molecule has 0 radical (unpaired) electrons. The summed E-state index contributed by atoms with van der Waals surface area (Å²) in [5.74, 6) is -0.187. The van der Waals surface area contributed by atoms with E-state index in [0.29, 0.717) is 22.3 Å². The fourth-order valence-corrected chi connectivity index (χ4v) is 3.40. The van der Waals surface area contributed by atoms with Crippen molar-refractivity contribution in [2.75, 3.05) is 5.32 Å². The Morgan fingerprint density at radius 1 is 0.933 bits per heavy atom. The maximum atomic E-state index is 12.6. The van der Waals surface area contributed by atoms with Crippen molar-refractivity contribution < 1.29 is 9.21 Å². The molecule has 3 aromatic carbocycles. The molecule has 1 heterocycles. The van der Waals surface area contributed by atoms with Crippen molar-refractivity contribution in [2.45, 2.75) is 26.2 Å². The van der Waals surface area contributed by atoms with E-state index in [9.17, 15) is 9.59 Å². The van der Waals surface area contributed by atoms with Crippen molar-refractivity contribution in [3.05, 3.63) is 100 Å². The van der Waals surface area contributed by atoms with Gasteiger partial charge in [0.15, 0.2) is 0 Å². The largest absolute Gasteiger partial charge is 0.422 e. The molecular weight excluding hydrogens is 374 g/mol. The summed E-state index contributed by atoms with van der Waals surface area (Å²) in [6.07, 6.45) is 3.37. The minimum absolute atomic E-state index is 0.187. The molecule has 0 atom stereocenters. The summed E-state index contributed by atoms with van der Waals surface area (Å²) in [6, 6.07) is 24.1. The lowest BCUT2D eigenvalue weighted by molar-refractivity contribution is 0.102. The van der Waals surface area contributed by atoms with Gasteiger partial charge in [-0.3, -0.25) is 4.79 Å². The number of anilines is 1. The van der Waals surface area contributed by atoms with Crippen LogP contribution in [0.3, 0.4) is 0 Å². The SMILES string of the molecule is CCCCc1ccc(NC(=O)c2ccc(-c3cc4ccccc4oc3=O)cc2)cc1. The van der Waals surface area contributed by atoms with Gasteiger partial charge in [0.05, 0.1) is 5.56 Å². The highest BCUT2D eigenvalue weighted by Gasteiger charge is 2.10. The molecule has 1 aromatic heterocycles. The van der Waals surface area contributed by atoms with Crippen LogP contribution >= 0.6 is 0 Å². The van der Waals surface area contributed by atoms with E-state index in [0.717, 1.165) is 30.3 Å². The molecular formula is C26H23NO3. The molecule has 0 saturated carbocycles. The second-order valence-corrected chi connectivity index (χ2v) is 7.32. The van der Waals surface area contributed by atoms with E-state index in [4.69, 9.17) is 4.42 Å². The summed E-state index contributed by atoms with van der Waals surface area (Å²) in [6.45, 7) is 2.17. The smallest absolute Gasteiger partial charge is 0.344 e. The average Bonchev–Trinajstić information content (AvgIpc) is 2.78. The molecule has 4 nitrogen and oxygen atoms in total. The Bertz CT molecular complexity index is 1220. The summed E-state index contributed by atoms with van der Waals surface area (Å²) >= 11 is 0. The molecule has 0 spiro atoms. The van der Waals surface area contributed by atoms with Gasteiger partial charge in [-0.15, -0.1) is 0 Å². The molecule has 0 saturated heterocycles. The fraction of sp³-hybridized carbons (Fsp3) is 0.154. The highest BCUT2D eigenvalue weighted by molar-refractivity contribution is 6.04. The Kier molecular flexibility index (Phi) is 5.75. The van der Waals surface area contributed by atoms with Crippen molar-refractivity contribution in [3.8, 4) is 11.1 Å². The van der Waals surface area contributed by atoms with Crippen molar-refractivity contribution >= 4 is 22.6 Å². The van der Waals surface area contributed by atoms with Gasteiger partial charge in [0, 0.05) is 16.6 Å².